The Balaban J connectivity index is 1.66. The molecule has 0 aliphatic carbocycles. The van der Waals surface area contributed by atoms with Gasteiger partial charge in [-0.25, -0.2) is 0 Å². The summed E-state index contributed by atoms with van der Waals surface area (Å²) >= 11 is 3.37. The lowest BCUT2D eigenvalue weighted by Crippen LogP contribution is -2.53. The third-order valence-corrected chi connectivity index (χ3v) is 5.06. The normalized spacial score (nSPS) is 18.8. The highest BCUT2D eigenvalue weighted by atomic mass is 79.9. The first kappa shape index (κ1) is 17.0. The van der Waals surface area contributed by atoms with E-state index in [2.05, 4.69) is 21.2 Å². The first-order chi connectivity index (χ1) is 11.4. The van der Waals surface area contributed by atoms with Gasteiger partial charge in [0.2, 0.25) is 11.8 Å². The van der Waals surface area contributed by atoms with Crippen molar-refractivity contribution in [3.63, 3.8) is 0 Å². The van der Waals surface area contributed by atoms with Gasteiger partial charge in [-0.15, -0.1) is 0 Å². The fourth-order valence-electron chi connectivity index (χ4n) is 3.22. The quantitative estimate of drug-likeness (QED) is 0.830. The number of ether oxygens (including phenoxy) is 1. The third kappa shape index (κ3) is 3.45. The summed E-state index contributed by atoms with van der Waals surface area (Å²) in [4.78, 5) is 37.2. The summed E-state index contributed by atoms with van der Waals surface area (Å²) in [6.45, 7) is 2.45. The van der Waals surface area contributed by atoms with Crippen molar-refractivity contribution in [2.45, 2.75) is 31.8 Å². The van der Waals surface area contributed by atoms with Gasteiger partial charge in [-0.3, -0.25) is 14.4 Å². The molecule has 1 aromatic carbocycles. The van der Waals surface area contributed by atoms with Crippen molar-refractivity contribution in [2.24, 2.45) is 0 Å². The minimum atomic E-state index is -0.525. The highest BCUT2D eigenvalue weighted by Gasteiger charge is 2.43. The molecule has 0 atom stereocenters. The molecule has 0 radical (unpaired) electrons. The van der Waals surface area contributed by atoms with Crippen LogP contribution in [0.5, 0.6) is 5.75 Å². The number of carbonyl (C=O) groups excluding carboxylic acids is 3. The summed E-state index contributed by atoms with van der Waals surface area (Å²) in [5.74, 6) is 0.371. The number of ketones is 1. The molecule has 2 heterocycles. The number of benzene rings is 1. The molecule has 2 aliphatic heterocycles. The third-order valence-electron chi connectivity index (χ3n) is 4.57. The number of halogens is 1. The van der Waals surface area contributed by atoms with Gasteiger partial charge in [0.05, 0.1) is 18.5 Å². The second-order valence-corrected chi connectivity index (χ2v) is 7.23. The largest absolute Gasteiger partial charge is 0.486 e. The molecule has 1 spiro atoms. The second-order valence-electron chi connectivity index (χ2n) is 6.32. The molecule has 2 aliphatic rings. The number of amides is 2. The van der Waals surface area contributed by atoms with Crippen LogP contribution >= 0.6 is 15.9 Å². The number of hydrogen-bond donors (Lipinski definition) is 1. The summed E-state index contributed by atoms with van der Waals surface area (Å²) < 4.78 is 7.02. The minimum absolute atomic E-state index is 0.0129. The van der Waals surface area contributed by atoms with E-state index in [0.717, 1.165) is 4.47 Å². The van der Waals surface area contributed by atoms with Gasteiger partial charge in [0.1, 0.15) is 11.4 Å². The number of nitrogens with zero attached hydrogens (tertiary/aromatic N) is 1. The van der Waals surface area contributed by atoms with Crippen LogP contribution in [0.1, 0.15) is 36.5 Å². The molecule has 0 saturated carbocycles. The van der Waals surface area contributed by atoms with E-state index in [1.54, 1.807) is 11.0 Å². The van der Waals surface area contributed by atoms with Gasteiger partial charge in [0.15, 0.2) is 5.78 Å². The van der Waals surface area contributed by atoms with Crippen LogP contribution in [-0.4, -0.2) is 47.7 Å². The number of piperidine rings is 1. The Morgan fingerprint density at radius 3 is 2.71 bits per heavy atom. The predicted molar refractivity (Wildman–Crippen MR) is 90.9 cm³/mol. The zero-order valence-corrected chi connectivity index (χ0v) is 15.0. The molecule has 0 bridgehead atoms. The van der Waals surface area contributed by atoms with E-state index in [4.69, 9.17) is 4.74 Å². The Morgan fingerprint density at radius 2 is 2.04 bits per heavy atom. The smallest absolute Gasteiger partial charge is 0.241 e. The molecule has 1 saturated heterocycles. The van der Waals surface area contributed by atoms with Crippen molar-refractivity contribution in [3.05, 3.63) is 28.2 Å². The molecular formula is C17H19BrN2O4. The van der Waals surface area contributed by atoms with Gasteiger partial charge < -0.3 is 15.0 Å². The summed E-state index contributed by atoms with van der Waals surface area (Å²) in [7, 11) is 0. The summed E-state index contributed by atoms with van der Waals surface area (Å²) in [5.41, 5.74) is 0.0852. The molecule has 24 heavy (non-hydrogen) atoms. The van der Waals surface area contributed by atoms with Crippen LogP contribution in [0.25, 0.3) is 0 Å². The second kappa shape index (κ2) is 6.55. The average Bonchev–Trinajstić information content (AvgIpc) is 2.54. The lowest BCUT2D eigenvalue weighted by molar-refractivity contribution is -0.135. The van der Waals surface area contributed by atoms with Gasteiger partial charge in [-0.1, -0.05) is 15.9 Å². The Labute approximate surface area is 148 Å². The van der Waals surface area contributed by atoms with Gasteiger partial charge in [0.25, 0.3) is 0 Å². The summed E-state index contributed by atoms with van der Waals surface area (Å²) in [5, 5.41) is 2.52. The number of carbonyl (C=O) groups is 3. The lowest BCUT2D eigenvalue weighted by Gasteiger charge is -2.44. The standard InChI is InChI=1S/C17H19BrN2O4/c1-11(21)19-10-16(23)20-6-4-17(5-7-20)9-14(22)13-8-12(18)2-3-15(13)24-17/h2-3,8H,4-7,9-10H2,1H3,(H,19,21). The van der Waals surface area contributed by atoms with Crippen LogP contribution in [0.4, 0.5) is 0 Å². The first-order valence-electron chi connectivity index (χ1n) is 7.93. The maximum atomic E-state index is 12.5. The van der Waals surface area contributed by atoms with Crippen molar-refractivity contribution < 1.29 is 19.1 Å². The molecule has 1 fully saturated rings. The molecule has 1 N–H and O–H groups in total. The zero-order chi connectivity index (χ0) is 17.3. The number of fused-ring (bicyclic) bond motifs is 1. The van der Waals surface area contributed by atoms with Crippen molar-refractivity contribution in [1.82, 2.24) is 10.2 Å². The van der Waals surface area contributed by atoms with E-state index in [-0.39, 0.29) is 24.1 Å². The molecule has 7 heteroatoms. The van der Waals surface area contributed by atoms with Crippen LogP contribution in [0.2, 0.25) is 0 Å². The number of likely N-dealkylation sites (tertiary alicyclic amines) is 1. The van der Waals surface area contributed by atoms with Crippen molar-refractivity contribution in [1.29, 1.82) is 0 Å². The van der Waals surface area contributed by atoms with E-state index >= 15 is 0 Å². The van der Waals surface area contributed by atoms with E-state index in [0.29, 0.717) is 43.7 Å². The SMILES string of the molecule is CC(=O)NCC(=O)N1CCC2(CC1)CC(=O)c1cc(Br)ccc1O2. The number of nitrogens with one attached hydrogen (secondary N) is 1. The van der Waals surface area contributed by atoms with Crippen LogP contribution in [0, 0.1) is 0 Å². The zero-order valence-electron chi connectivity index (χ0n) is 13.4. The van der Waals surface area contributed by atoms with Crippen LogP contribution in [0.3, 0.4) is 0 Å². The van der Waals surface area contributed by atoms with E-state index in [1.165, 1.54) is 6.92 Å². The van der Waals surface area contributed by atoms with Gasteiger partial charge >= 0.3 is 0 Å². The van der Waals surface area contributed by atoms with Gasteiger partial charge in [-0.2, -0.15) is 0 Å². The topological polar surface area (TPSA) is 75.7 Å². The molecule has 2 amide bonds. The average molecular weight is 395 g/mol. The summed E-state index contributed by atoms with van der Waals surface area (Å²) in [6, 6.07) is 5.46. The fourth-order valence-corrected chi connectivity index (χ4v) is 3.58. The first-order valence-corrected chi connectivity index (χ1v) is 8.72. The Morgan fingerprint density at radius 1 is 1.33 bits per heavy atom. The van der Waals surface area contributed by atoms with E-state index < -0.39 is 5.60 Å². The fraction of sp³-hybridized carbons (Fsp3) is 0.471. The van der Waals surface area contributed by atoms with Crippen molar-refractivity contribution in [2.75, 3.05) is 19.6 Å². The lowest BCUT2D eigenvalue weighted by atomic mass is 9.82. The van der Waals surface area contributed by atoms with Gasteiger partial charge in [0, 0.05) is 37.3 Å². The monoisotopic (exact) mass is 394 g/mol. The maximum absolute atomic E-state index is 12.5. The van der Waals surface area contributed by atoms with Crippen LogP contribution < -0.4 is 10.1 Å². The van der Waals surface area contributed by atoms with Crippen molar-refractivity contribution in [3.8, 4) is 5.75 Å². The highest BCUT2D eigenvalue weighted by molar-refractivity contribution is 9.10. The molecule has 3 rings (SSSR count). The maximum Gasteiger partial charge on any atom is 0.241 e. The summed E-state index contributed by atoms with van der Waals surface area (Å²) in [6.07, 6.45) is 1.56. The Hall–Kier alpha value is -1.89. The van der Waals surface area contributed by atoms with Crippen molar-refractivity contribution >= 4 is 33.5 Å². The Bertz CT molecular complexity index is 696. The molecule has 128 valence electrons. The molecule has 6 nitrogen and oxygen atoms in total. The van der Waals surface area contributed by atoms with Gasteiger partial charge in [-0.05, 0) is 18.2 Å². The number of rotatable bonds is 2. The number of Topliss-reactive ketones (excluding diaryl/α,β-unsaturated/α-hetero) is 1. The van der Waals surface area contributed by atoms with Crippen LogP contribution in [-0.2, 0) is 9.59 Å². The number of hydrogen-bond acceptors (Lipinski definition) is 4. The molecule has 1 aromatic rings. The van der Waals surface area contributed by atoms with E-state index in [9.17, 15) is 14.4 Å². The highest BCUT2D eigenvalue weighted by Crippen LogP contribution is 2.40. The minimum Gasteiger partial charge on any atom is -0.486 e. The molecule has 0 unspecified atom stereocenters. The predicted octanol–water partition coefficient (Wildman–Crippen LogP) is 1.91. The molecule has 0 aromatic heterocycles. The molecular weight excluding hydrogens is 376 g/mol. The van der Waals surface area contributed by atoms with Crippen LogP contribution in [0.15, 0.2) is 22.7 Å². The van der Waals surface area contributed by atoms with E-state index in [1.807, 2.05) is 12.1 Å². The Kier molecular flexibility index (Phi) is 4.62.